The average molecular weight is 273 g/mol. The number of nitrogens with two attached hydrogens (primary N) is 1. The third kappa shape index (κ3) is 3.28. The van der Waals surface area contributed by atoms with Crippen LogP contribution in [0.2, 0.25) is 0 Å². The van der Waals surface area contributed by atoms with Gasteiger partial charge in [0.2, 0.25) is 5.78 Å². The van der Waals surface area contributed by atoms with Crippen LogP contribution in [0.5, 0.6) is 0 Å². The largest absolute Gasteiger partial charge is 0.453 e. The Labute approximate surface area is 120 Å². The molecule has 2 N–H and O–H groups in total. The Hall–Kier alpha value is -1.61. The first-order valence-corrected chi connectivity index (χ1v) is 7.28. The van der Waals surface area contributed by atoms with Crippen LogP contribution >= 0.6 is 0 Å². The maximum absolute atomic E-state index is 12.4. The van der Waals surface area contributed by atoms with Crippen molar-refractivity contribution in [2.45, 2.75) is 46.1 Å². The molecule has 0 bridgehead atoms. The Morgan fingerprint density at radius 1 is 1.30 bits per heavy atom. The molecule has 1 heterocycles. The normalized spacial score (nSPS) is 14.4. The second-order valence-corrected chi connectivity index (χ2v) is 5.78. The lowest BCUT2D eigenvalue weighted by Gasteiger charge is -2.09. The summed E-state index contributed by atoms with van der Waals surface area (Å²) in [5.74, 6) is 0.544. The van der Waals surface area contributed by atoms with Crippen molar-refractivity contribution < 1.29 is 9.21 Å². The van der Waals surface area contributed by atoms with Gasteiger partial charge in [0.25, 0.3) is 0 Å². The number of aryl methyl sites for hydroxylation is 1. The number of para-hydroxylation sites is 1. The summed E-state index contributed by atoms with van der Waals surface area (Å²) in [4.78, 5) is 12.4. The lowest BCUT2D eigenvalue weighted by molar-refractivity contribution is 0.0896. The van der Waals surface area contributed by atoms with Crippen molar-refractivity contribution in [1.82, 2.24) is 0 Å². The number of Topliss-reactive ketones (excluding diaryl/α,β-unsaturated/α-hetero) is 1. The zero-order valence-electron chi connectivity index (χ0n) is 12.5. The van der Waals surface area contributed by atoms with Crippen LogP contribution in [0.1, 0.15) is 49.2 Å². The highest BCUT2D eigenvalue weighted by Gasteiger charge is 2.19. The van der Waals surface area contributed by atoms with Crippen LogP contribution in [0.3, 0.4) is 0 Å². The first-order chi connectivity index (χ1) is 9.49. The number of furan rings is 1. The van der Waals surface area contributed by atoms with E-state index in [4.69, 9.17) is 10.2 Å². The predicted molar refractivity (Wildman–Crippen MR) is 81.9 cm³/mol. The molecule has 2 atom stereocenters. The molecule has 0 radical (unpaired) electrons. The van der Waals surface area contributed by atoms with Gasteiger partial charge in [-0.2, -0.15) is 0 Å². The smallest absolute Gasteiger partial charge is 0.200 e. The molecule has 0 saturated carbocycles. The summed E-state index contributed by atoms with van der Waals surface area (Å²) in [6.07, 6.45) is 2.79. The third-order valence-electron chi connectivity index (χ3n) is 3.73. The minimum atomic E-state index is -0.0189. The molecule has 0 aliphatic rings. The van der Waals surface area contributed by atoms with Gasteiger partial charge in [-0.05, 0) is 38.3 Å². The molecule has 0 fully saturated rings. The topological polar surface area (TPSA) is 56.2 Å². The number of ketones is 1. The Kier molecular flexibility index (Phi) is 4.61. The first-order valence-electron chi connectivity index (χ1n) is 7.28. The molecule has 20 heavy (non-hydrogen) atoms. The fourth-order valence-electron chi connectivity index (χ4n) is 2.45. The molecule has 0 aliphatic heterocycles. The Balaban J connectivity index is 2.09. The standard InChI is InChI=1S/C17H23NO2/c1-11(6-4-8-13(3)18)16(19)15-10-14-9-5-7-12(2)17(14)20-15/h5,7,9-11,13H,4,6,8,18H2,1-3H3. The van der Waals surface area contributed by atoms with Crippen molar-refractivity contribution in [3.05, 3.63) is 35.6 Å². The van der Waals surface area contributed by atoms with E-state index in [1.165, 1.54) is 0 Å². The molecule has 2 unspecified atom stereocenters. The van der Waals surface area contributed by atoms with Gasteiger partial charge in [0.1, 0.15) is 5.58 Å². The molecule has 2 aromatic rings. The number of hydrogen-bond donors (Lipinski definition) is 1. The summed E-state index contributed by atoms with van der Waals surface area (Å²) < 4.78 is 5.73. The van der Waals surface area contributed by atoms with Crippen LogP contribution < -0.4 is 5.73 Å². The Morgan fingerprint density at radius 3 is 2.70 bits per heavy atom. The zero-order valence-corrected chi connectivity index (χ0v) is 12.5. The second kappa shape index (κ2) is 6.23. The highest BCUT2D eigenvalue weighted by atomic mass is 16.3. The van der Waals surface area contributed by atoms with Gasteiger partial charge < -0.3 is 10.2 Å². The summed E-state index contributed by atoms with van der Waals surface area (Å²) >= 11 is 0. The molecular formula is C17H23NO2. The van der Waals surface area contributed by atoms with Gasteiger partial charge in [0.15, 0.2) is 5.76 Å². The number of carbonyl (C=O) groups excluding carboxylic acids is 1. The van der Waals surface area contributed by atoms with Crippen molar-refractivity contribution in [3.63, 3.8) is 0 Å². The van der Waals surface area contributed by atoms with Crippen molar-refractivity contribution >= 4 is 16.8 Å². The van der Waals surface area contributed by atoms with E-state index in [1.807, 2.05) is 45.0 Å². The van der Waals surface area contributed by atoms with Crippen molar-refractivity contribution in [2.24, 2.45) is 11.7 Å². The highest BCUT2D eigenvalue weighted by molar-refractivity contribution is 5.99. The van der Waals surface area contributed by atoms with E-state index in [2.05, 4.69) is 0 Å². The van der Waals surface area contributed by atoms with Crippen molar-refractivity contribution in [2.75, 3.05) is 0 Å². The van der Waals surface area contributed by atoms with E-state index in [9.17, 15) is 4.79 Å². The lowest BCUT2D eigenvalue weighted by Crippen LogP contribution is -2.16. The van der Waals surface area contributed by atoms with E-state index in [-0.39, 0.29) is 17.7 Å². The second-order valence-electron chi connectivity index (χ2n) is 5.78. The van der Waals surface area contributed by atoms with Crippen LogP contribution in [0.15, 0.2) is 28.7 Å². The number of carbonyl (C=O) groups is 1. The van der Waals surface area contributed by atoms with Crippen LogP contribution in [0.25, 0.3) is 11.0 Å². The highest BCUT2D eigenvalue weighted by Crippen LogP contribution is 2.25. The lowest BCUT2D eigenvalue weighted by atomic mass is 9.96. The Bertz CT molecular complexity index is 598. The molecule has 3 heteroatoms. The van der Waals surface area contributed by atoms with Crippen molar-refractivity contribution in [3.8, 4) is 0 Å². The molecule has 3 nitrogen and oxygen atoms in total. The number of rotatable bonds is 6. The molecule has 0 spiro atoms. The quantitative estimate of drug-likeness (QED) is 0.807. The predicted octanol–water partition coefficient (Wildman–Crippen LogP) is 4.08. The molecule has 108 valence electrons. The molecular weight excluding hydrogens is 250 g/mol. The van der Waals surface area contributed by atoms with E-state index in [1.54, 1.807) is 0 Å². The number of fused-ring (bicyclic) bond motifs is 1. The number of hydrogen-bond acceptors (Lipinski definition) is 3. The molecule has 0 saturated heterocycles. The van der Waals surface area contributed by atoms with E-state index < -0.39 is 0 Å². The molecule has 0 aliphatic carbocycles. The first kappa shape index (κ1) is 14.8. The zero-order chi connectivity index (χ0) is 14.7. The van der Waals surface area contributed by atoms with Gasteiger partial charge in [-0.3, -0.25) is 4.79 Å². The average Bonchev–Trinajstić information content (AvgIpc) is 2.82. The monoisotopic (exact) mass is 273 g/mol. The fourth-order valence-corrected chi connectivity index (χ4v) is 2.45. The minimum Gasteiger partial charge on any atom is -0.453 e. The van der Waals surface area contributed by atoms with Gasteiger partial charge in [-0.25, -0.2) is 0 Å². The molecule has 0 amide bonds. The van der Waals surface area contributed by atoms with Gasteiger partial charge in [-0.15, -0.1) is 0 Å². The van der Waals surface area contributed by atoms with E-state index in [0.717, 1.165) is 35.8 Å². The van der Waals surface area contributed by atoms with Crippen LogP contribution in [0, 0.1) is 12.8 Å². The van der Waals surface area contributed by atoms with Gasteiger partial charge in [-0.1, -0.05) is 31.5 Å². The molecule has 1 aromatic carbocycles. The van der Waals surface area contributed by atoms with Gasteiger partial charge in [0.05, 0.1) is 0 Å². The van der Waals surface area contributed by atoms with Crippen LogP contribution in [-0.4, -0.2) is 11.8 Å². The maximum atomic E-state index is 12.4. The summed E-state index contributed by atoms with van der Waals surface area (Å²) in [7, 11) is 0. The van der Waals surface area contributed by atoms with Gasteiger partial charge >= 0.3 is 0 Å². The molecule has 1 aromatic heterocycles. The number of benzene rings is 1. The summed E-state index contributed by atoms with van der Waals surface area (Å²) in [6.45, 7) is 5.95. The maximum Gasteiger partial charge on any atom is 0.200 e. The van der Waals surface area contributed by atoms with E-state index >= 15 is 0 Å². The van der Waals surface area contributed by atoms with Crippen LogP contribution in [-0.2, 0) is 0 Å². The molecule has 2 rings (SSSR count). The van der Waals surface area contributed by atoms with Crippen LogP contribution in [0.4, 0.5) is 0 Å². The minimum absolute atomic E-state index is 0.0189. The van der Waals surface area contributed by atoms with E-state index in [0.29, 0.717) is 5.76 Å². The summed E-state index contributed by atoms with van der Waals surface area (Å²) in [5.41, 5.74) is 7.61. The SMILES string of the molecule is Cc1cccc2cc(C(=O)C(C)CCCC(C)N)oc12. The summed E-state index contributed by atoms with van der Waals surface area (Å²) in [6, 6.07) is 8.00. The fraction of sp³-hybridized carbons (Fsp3) is 0.471. The van der Waals surface area contributed by atoms with Gasteiger partial charge in [0, 0.05) is 17.3 Å². The summed E-state index contributed by atoms with van der Waals surface area (Å²) in [5, 5.41) is 0.996. The Morgan fingerprint density at radius 2 is 2.05 bits per heavy atom. The third-order valence-corrected chi connectivity index (χ3v) is 3.73. The van der Waals surface area contributed by atoms with Crippen molar-refractivity contribution in [1.29, 1.82) is 0 Å².